The molecule has 0 saturated heterocycles. The van der Waals surface area contributed by atoms with Crippen molar-refractivity contribution < 1.29 is 9.53 Å². The number of benzene rings is 3. The molecular formula is C24H19IN2O2. The lowest BCUT2D eigenvalue weighted by Gasteiger charge is -2.09. The van der Waals surface area contributed by atoms with Crippen molar-refractivity contribution >= 4 is 40.3 Å². The van der Waals surface area contributed by atoms with Crippen LogP contribution in [0.2, 0.25) is 0 Å². The van der Waals surface area contributed by atoms with Gasteiger partial charge < -0.3 is 10.1 Å². The molecule has 0 aliphatic rings. The summed E-state index contributed by atoms with van der Waals surface area (Å²) in [6.45, 7) is 2.54. The molecule has 3 aromatic rings. The van der Waals surface area contributed by atoms with Gasteiger partial charge in [0, 0.05) is 9.26 Å². The Morgan fingerprint density at radius 1 is 1.07 bits per heavy atom. The summed E-state index contributed by atoms with van der Waals surface area (Å²) in [6.07, 6.45) is 1.56. The number of nitrogens with zero attached hydrogens (tertiary/aromatic N) is 1. The first-order valence-corrected chi connectivity index (χ1v) is 10.1. The fourth-order valence-electron chi connectivity index (χ4n) is 2.64. The molecule has 0 radical (unpaired) electrons. The Labute approximate surface area is 184 Å². The molecule has 0 aliphatic carbocycles. The lowest BCUT2D eigenvalue weighted by Crippen LogP contribution is -2.13. The number of ether oxygens (including phenoxy) is 1. The molecule has 0 bridgehead atoms. The van der Waals surface area contributed by atoms with Crippen molar-refractivity contribution in [2.75, 3.05) is 5.32 Å². The molecule has 0 spiro atoms. The standard InChI is InChI=1S/C24H19IN2O2/c1-17-4-2-3-5-19(17)16-29-23-12-6-18(7-13-23)14-20(15-26)24(28)27-22-10-8-21(25)9-11-22/h2-14H,16H2,1H3,(H,27,28)/b20-14+. The Balaban J connectivity index is 1.65. The average Bonchev–Trinajstić information content (AvgIpc) is 2.74. The zero-order valence-corrected chi connectivity index (χ0v) is 18.0. The van der Waals surface area contributed by atoms with Crippen LogP contribution >= 0.6 is 22.6 Å². The molecule has 144 valence electrons. The summed E-state index contributed by atoms with van der Waals surface area (Å²) in [5.41, 5.74) is 3.76. The summed E-state index contributed by atoms with van der Waals surface area (Å²) in [7, 11) is 0. The van der Waals surface area contributed by atoms with Crippen LogP contribution in [-0.4, -0.2) is 5.91 Å². The van der Waals surface area contributed by atoms with E-state index in [1.54, 1.807) is 18.2 Å². The van der Waals surface area contributed by atoms with Crippen LogP contribution in [0.1, 0.15) is 16.7 Å². The zero-order chi connectivity index (χ0) is 20.6. The largest absolute Gasteiger partial charge is 0.489 e. The van der Waals surface area contributed by atoms with Crippen LogP contribution in [-0.2, 0) is 11.4 Å². The monoisotopic (exact) mass is 494 g/mol. The number of carbonyl (C=O) groups excluding carboxylic acids is 1. The maximum absolute atomic E-state index is 12.4. The number of anilines is 1. The topological polar surface area (TPSA) is 62.1 Å². The highest BCUT2D eigenvalue weighted by Gasteiger charge is 2.09. The summed E-state index contributed by atoms with van der Waals surface area (Å²) in [5.74, 6) is 0.292. The Bertz CT molecular complexity index is 1070. The van der Waals surface area contributed by atoms with Crippen LogP contribution in [0.5, 0.6) is 5.75 Å². The third-order valence-corrected chi connectivity index (χ3v) is 5.03. The van der Waals surface area contributed by atoms with Crippen LogP contribution in [0.25, 0.3) is 6.08 Å². The second kappa shape index (κ2) is 9.89. The first-order valence-electron chi connectivity index (χ1n) is 9.01. The zero-order valence-electron chi connectivity index (χ0n) is 15.9. The van der Waals surface area contributed by atoms with E-state index in [0.717, 1.165) is 20.4 Å². The van der Waals surface area contributed by atoms with Crippen molar-refractivity contribution in [1.82, 2.24) is 0 Å². The molecule has 5 heteroatoms. The van der Waals surface area contributed by atoms with Gasteiger partial charge in [-0.15, -0.1) is 0 Å². The molecule has 0 aromatic heterocycles. The fraction of sp³-hybridized carbons (Fsp3) is 0.0833. The van der Waals surface area contributed by atoms with Gasteiger partial charge in [-0.1, -0.05) is 36.4 Å². The molecule has 1 N–H and O–H groups in total. The highest BCUT2D eigenvalue weighted by Crippen LogP contribution is 2.18. The predicted molar refractivity (Wildman–Crippen MR) is 123 cm³/mol. The predicted octanol–water partition coefficient (Wildman–Crippen LogP) is 5.72. The van der Waals surface area contributed by atoms with Crippen molar-refractivity contribution in [2.24, 2.45) is 0 Å². The van der Waals surface area contributed by atoms with E-state index in [9.17, 15) is 10.1 Å². The number of nitrogens with one attached hydrogen (secondary N) is 1. The lowest BCUT2D eigenvalue weighted by atomic mass is 10.1. The summed E-state index contributed by atoms with van der Waals surface area (Å²) in [5, 5.41) is 12.1. The molecule has 0 unspecified atom stereocenters. The van der Waals surface area contributed by atoms with Crippen molar-refractivity contribution in [2.45, 2.75) is 13.5 Å². The number of carbonyl (C=O) groups is 1. The van der Waals surface area contributed by atoms with Crippen LogP contribution in [0, 0.1) is 21.8 Å². The van der Waals surface area contributed by atoms with Gasteiger partial charge in [0.2, 0.25) is 0 Å². The number of hydrogen-bond donors (Lipinski definition) is 1. The molecule has 0 heterocycles. The van der Waals surface area contributed by atoms with E-state index in [-0.39, 0.29) is 5.57 Å². The Morgan fingerprint density at radius 2 is 1.76 bits per heavy atom. The number of nitriles is 1. The lowest BCUT2D eigenvalue weighted by molar-refractivity contribution is -0.112. The third-order valence-electron chi connectivity index (χ3n) is 4.31. The SMILES string of the molecule is Cc1ccccc1COc1ccc(/C=C(\C#N)C(=O)Nc2ccc(I)cc2)cc1. The molecule has 3 aromatic carbocycles. The van der Waals surface area contributed by atoms with Gasteiger partial charge in [-0.05, 0) is 88.7 Å². The van der Waals surface area contributed by atoms with Gasteiger partial charge in [0.15, 0.2) is 0 Å². The van der Waals surface area contributed by atoms with Crippen molar-refractivity contribution in [1.29, 1.82) is 5.26 Å². The number of rotatable bonds is 6. The van der Waals surface area contributed by atoms with Gasteiger partial charge in [0.1, 0.15) is 24.0 Å². The van der Waals surface area contributed by atoms with Gasteiger partial charge in [0.05, 0.1) is 0 Å². The second-order valence-corrected chi connectivity index (χ2v) is 7.66. The van der Waals surface area contributed by atoms with E-state index in [4.69, 9.17) is 4.74 Å². The minimum atomic E-state index is -0.436. The Morgan fingerprint density at radius 3 is 2.41 bits per heavy atom. The highest BCUT2D eigenvalue weighted by molar-refractivity contribution is 14.1. The molecule has 0 fully saturated rings. The molecular weight excluding hydrogens is 475 g/mol. The van der Waals surface area contributed by atoms with Crippen LogP contribution < -0.4 is 10.1 Å². The van der Waals surface area contributed by atoms with Crippen molar-refractivity contribution in [3.05, 3.63) is 98.6 Å². The second-order valence-electron chi connectivity index (χ2n) is 6.42. The molecule has 1 amide bonds. The molecule has 0 aliphatic heterocycles. The molecule has 4 nitrogen and oxygen atoms in total. The number of aryl methyl sites for hydroxylation is 1. The van der Waals surface area contributed by atoms with Gasteiger partial charge >= 0.3 is 0 Å². The molecule has 0 saturated carbocycles. The minimum absolute atomic E-state index is 0.0390. The van der Waals surface area contributed by atoms with Crippen LogP contribution in [0.4, 0.5) is 5.69 Å². The van der Waals surface area contributed by atoms with Gasteiger partial charge in [0.25, 0.3) is 5.91 Å². The summed E-state index contributed by atoms with van der Waals surface area (Å²) >= 11 is 2.19. The molecule has 3 rings (SSSR count). The van der Waals surface area contributed by atoms with E-state index < -0.39 is 5.91 Å². The minimum Gasteiger partial charge on any atom is -0.489 e. The third kappa shape index (κ3) is 5.93. The molecule has 29 heavy (non-hydrogen) atoms. The summed E-state index contributed by atoms with van der Waals surface area (Å²) < 4.78 is 6.90. The van der Waals surface area contributed by atoms with Crippen molar-refractivity contribution in [3.8, 4) is 11.8 Å². The fourth-order valence-corrected chi connectivity index (χ4v) is 3.00. The summed E-state index contributed by atoms with van der Waals surface area (Å²) in [6, 6.07) is 24.7. The maximum Gasteiger partial charge on any atom is 0.266 e. The average molecular weight is 494 g/mol. The maximum atomic E-state index is 12.4. The van der Waals surface area contributed by atoms with Crippen LogP contribution in [0.3, 0.4) is 0 Å². The van der Waals surface area contributed by atoms with Gasteiger partial charge in [-0.25, -0.2) is 0 Å². The van der Waals surface area contributed by atoms with E-state index in [0.29, 0.717) is 12.3 Å². The Kier molecular flexibility index (Phi) is 7.04. The van der Waals surface area contributed by atoms with Crippen LogP contribution in [0.15, 0.2) is 78.4 Å². The quantitative estimate of drug-likeness (QED) is 0.271. The summed E-state index contributed by atoms with van der Waals surface area (Å²) in [4.78, 5) is 12.4. The first-order chi connectivity index (χ1) is 14.0. The van der Waals surface area contributed by atoms with E-state index in [2.05, 4.69) is 40.9 Å². The first kappa shape index (κ1) is 20.6. The van der Waals surface area contributed by atoms with E-state index >= 15 is 0 Å². The normalized spacial score (nSPS) is 10.9. The number of amides is 1. The molecule has 0 atom stereocenters. The van der Waals surface area contributed by atoms with Gasteiger partial charge in [-0.2, -0.15) is 5.26 Å². The number of halogens is 1. The van der Waals surface area contributed by atoms with E-state index in [1.807, 2.05) is 60.7 Å². The van der Waals surface area contributed by atoms with Gasteiger partial charge in [-0.3, -0.25) is 4.79 Å². The Hall–Kier alpha value is -3.11. The smallest absolute Gasteiger partial charge is 0.266 e. The van der Waals surface area contributed by atoms with E-state index in [1.165, 1.54) is 5.56 Å². The highest BCUT2D eigenvalue weighted by atomic mass is 127. The van der Waals surface area contributed by atoms with Crippen molar-refractivity contribution in [3.63, 3.8) is 0 Å². The number of hydrogen-bond acceptors (Lipinski definition) is 3.